The van der Waals surface area contributed by atoms with Gasteiger partial charge in [0.1, 0.15) is 6.61 Å². The van der Waals surface area contributed by atoms with Gasteiger partial charge in [-0.1, -0.05) is 51.1 Å². The number of benzene rings is 2. The molecule has 2 aromatic rings. The normalized spacial score (nSPS) is 12.3. The molecule has 0 spiro atoms. The molecule has 0 unspecified atom stereocenters. The van der Waals surface area contributed by atoms with Crippen LogP contribution in [0.25, 0.3) is 0 Å². The number of hydrogen-bond donors (Lipinski definition) is 2. The van der Waals surface area contributed by atoms with Crippen molar-refractivity contribution in [2.45, 2.75) is 33.4 Å². The molecule has 5 nitrogen and oxygen atoms in total. The van der Waals surface area contributed by atoms with Crippen molar-refractivity contribution >= 4 is 17.6 Å². The number of nitrogens with two attached hydrogens (primary N) is 1. The Morgan fingerprint density at radius 1 is 1.04 bits per heavy atom. The lowest BCUT2D eigenvalue weighted by Crippen LogP contribution is -2.42. The van der Waals surface area contributed by atoms with Crippen LogP contribution in [-0.4, -0.2) is 17.9 Å². The van der Waals surface area contributed by atoms with Crippen LogP contribution in [0.3, 0.4) is 0 Å². The summed E-state index contributed by atoms with van der Waals surface area (Å²) in [5.41, 5.74) is 7.68. The first-order valence-corrected chi connectivity index (χ1v) is 8.15. The number of anilines is 1. The summed E-state index contributed by atoms with van der Waals surface area (Å²) >= 11 is 0. The molecule has 0 aromatic heterocycles. The Bertz CT molecular complexity index is 719. The fraction of sp³-hybridized carbons (Fsp3) is 0.300. The second kappa shape index (κ2) is 7.94. The van der Waals surface area contributed by atoms with Gasteiger partial charge >= 0.3 is 6.09 Å². The zero-order valence-electron chi connectivity index (χ0n) is 14.8. The molecule has 0 aliphatic heterocycles. The number of ether oxygens (including phenoxy) is 1. The van der Waals surface area contributed by atoms with E-state index in [-0.39, 0.29) is 17.8 Å². The van der Waals surface area contributed by atoms with Crippen molar-refractivity contribution in [3.8, 4) is 0 Å². The molecule has 0 bridgehead atoms. The molecular weight excluding hydrogens is 316 g/mol. The molecule has 2 rings (SSSR count). The van der Waals surface area contributed by atoms with E-state index in [1.54, 1.807) is 24.3 Å². The smallest absolute Gasteiger partial charge is 0.411 e. The molecule has 0 heterocycles. The van der Waals surface area contributed by atoms with Gasteiger partial charge in [-0.2, -0.15) is 0 Å². The van der Waals surface area contributed by atoms with E-state index in [2.05, 4.69) is 5.32 Å². The summed E-state index contributed by atoms with van der Waals surface area (Å²) in [5, 5.41) is 2.63. The molecule has 0 aliphatic carbocycles. The Balaban J connectivity index is 1.91. The summed E-state index contributed by atoms with van der Waals surface area (Å²) in [6.07, 6.45) is -0.547. The number of carbonyl (C=O) groups excluding carboxylic acids is 2. The highest BCUT2D eigenvalue weighted by Gasteiger charge is 2.28. The number of nitrogens with one attached hydrogen (secondary N) is 1. The van der Waals surface area contributed by atoms with Crippen molar-refractivity contribution in [1.82, 2.24) is 0 Å². The van der Waals surface area contributed by atoms with E-state index in [1.165, 1.54) is 0 Å². The fourth-order valence-electron chi connectivity index (χ4n) is 2.17. The molecule has 0 saturated carbocycles. The van der Waals surface area contributed by atoms with Gasteiger partial charge in [-0.25, -0.2) is 4.79 Å². The Labute approximate surface area is 148 Å². The predicted octanol–water partition coefficient (Wildman–Crippen LogP) is 3.99. The molecule has 1 amide bonds. The molecule has 0 radical (unpaired) electrons. The minimum Gasteiger partial charge on any atom is -0.444 e. The van der Waals surface area contributed by atoms with Crippen LogP contribution >= 0.6 is 0 Å². The maximum atomic E-state index is 12.3. The Morgan fingerprint density at radius 2 is 1.64 bits per heavy atom. The topological polar surface area (TPSA) is 81.4 Å². The maximum Gasteiger partial charge on any atom is 0.411 e. The van der Waals surface area contributed by atoms with Crippen LogP contribution in [0.4, 0.5) is 10.5 Å². The number of amides is 1. The van der Waals surface area contributed by atoms with Gasteiger partial charge in [0.25, 0.3) is 0 Å². The molecule has 132 valence electrons. The lowest BCUT2D eigenvalue weighted by Gasteiger charge is -2.25. The minimum atomic E-state index is -0.581. The summed E-state index contributed by atoms with van der Waals surface area (Å²) in [4.78, 5) is 24.2. The Morgan fingerprint density at radius 3 is 2.20 bits per heavy atom. The molecule has 2 aromatic carbocycles. The van der Waals surface area contributed by atoms with E-state index in [1.807, 2.05) is 51.1 Å². The average Bonchev–Trinajstić information content (AvgIpc) is 2.59. The van der Waals surface area contributed by atoms with Crippen LogP contribution in [-0.2, 0) is 11.3 Å². The number of hydrogen-bond acceptors (Lipinski definition) is 4. The second-order valence-corrected chi connectivity index (χ2v) is 6.97. The fourth-order valence-corrected chi connectivity index (χ4v) is 2.17. The lowest BCUT2D eigenvalue weighted by atomic mass is 9.83. The van der Waals surface area contributed by atoms with Crippen molar-refractivity contribution in [3.05, 3.63) is 65.7 Å². The van der Waals surface area contributed by atoms with Crippen LogP contribution in [0.15, 0.2) is 54.6 Å². The van der Waals surface area contributed by atoms with E-state index in [0.29, 0.717) is 11.3 Å². The van der Waals surface area contributed by atoms with E-state index in [9.17, 15) is 9.59 Å². The molecule has 1 atom stereocenters. The van der Waals surface area contributed by atoms with E-state index in [0.717, 1.165) is 5.56 Å². The molecule has 3 N–H and O–H groups in total. The van der Waals surface area contributed by atoms with E-state index < -0.39 is 12.1 Å². The predicted molar refractivity (Wildman–Crippen MR) is 98.5 cm³/mol. The third-order valence-corrected chi connectivity index (χ3v) is 3.84. The van der Waals surface area contributed by atoms with Gasteiger partial charge in [0.15, 0.2) is 5.78 Å². The Kier molecular flexibility index (Phi) is 5.93. The van der Waals surface area contributed by atoms with Gasteiger partial charge in [-0.05, 0) is 35.2 Å². The summed E-state index contributed by atoms with van der Waals surface area (Å²) in [7, 11) is 0. The van der Waals surface area contributed by atoms with Crippen LogP contribution in [0, 0.1) is 5.41 Å². The first-order chi connectivity index (χ1) is 11.8. The number of ketones is 1. The van der Waals surface area contributed by atoms with Crippen LogP contribution in [0.5, 0.6) is 0 Å². The van der Waals surface area contributed by atoms with Crippen molar-refractivity contribution in [1.29, 1.82) is 0 Å². The van der Waals surface area contributed by atoms with Gasteiger partial charge in [-0.15, -0.1) is 0 Å². The monoisotopic (exact) mass is 340 g/mol. The van der Waals surface area contributed by atoms with Crippen LogP contribution < -0.4 is 11.1 Å². The zero-order chi connectivity index (χ0) is 18.4. The highest BCUT2D eigenvalue weighted by atomic mass is 16.5. The molecular formula is C20H24N2O3. The van der Waals surface area contributed by atoms with Crippen LogP contribution in [0.2, 0.25) is 0 Å². The van der Waals surface area contributed by atoms with E-state index in [4.69, 9.17) is 10.5 Å². The summed E-state index contributed by atoms with van der Waals surface area (Å²) in [6, 6.07) is 15.5. The standard InChI is InChI=1S/C20H24N2O3/c1-20(2,3)18(21)17(23)15-9-11-16(12-10-15)22-19(24)25-13-14-7-5-4-6-8-14/h4-12,18H,13,21H2,1-3H3,(H,22,24)/t18-/m1/s1. The maximum absolute atomic E-state index is 12.3. The lowest BCUT2D eigenvalue weighted by molar-refractivity contribution is 0.0901. The van der Waals surface area contributed by atoms with Gasteiger partial charge in [0.2, 0.25) is 0 Å². The van der Waals surface area contributed by atoms with Gasteiger partial charge in [0, 0.05) is 11.3 Å². The van der Waals surface area contributed by atoms with Gasteiger partial charge in [0.05, 0.1) is 6.04 Å². The van der Waals surface area contributed by atoms with Gasteiger partial charge < -0.3 is 10.5 Å². The number of Topliss-reactive ketones (excluding diaryl/α,β-unsaturated/α-hetero) is 1. The van der Waals surface area contributed by atoms with Crippen LogP contribution in [0.1, 0.15) is 36.7 Å². The Hall–Kier alpha value is -2.66. The molecule has 25 heavy (non-hydrogen) atoms. The largest absolute Gasteiger partial charge is 0.444 e. The highest BCUT2D eigenvalue weighted by Crippen LogP contribution is 2.21. The van der Waals surface area contributed by atoms with Gasteiger partial charge in [-0.3, -0.25) is 10.1 Å². The molecule has 0 saturated heterocycles. The summed E-state index contributed by atoms with van der Waals surface area (Å²) < 4.78 is 5.16. The quantitative estimate of drug-likeness (QED) is 0.806. The van der Waals surface area contributed by atoms with E-state index >= 15 is 0 Å². The summed E-state index contributed by atoms with van der Waals surface area (Å²) in [6.45, 7) is 5.97. The zero-order valence-corrected chi connectivity index (χ0v) is 14.8. The first-order valence-electron chi connectivity index (χ1n) is 8.15. The summed E-state index contributed by atoms with van der Waals surface area (Å²) in [5.74, 6) is -0.120. The minimum absolute atomic E-state index is 0.120. The van der Waals surface area contributed by atoms with Crippen molar-refractivity contribution in [2.24, 2.45) is 11.1 Å². The first kappa shape index (κ1) is 18.7. The number of rotatable bonds is 5. The molecule has 5 heteroatoms. The van der Waals surface area contributed by atoms with Crippen molar-refractivity contribution < 1.29 is 14.3 Å². The average molecular weight is 340 g/mol. The van der Waals surface area contributed by atoms with Crippen molar-refractivity contribution in [3.63, 3.8) is 0 Å². The van der Waals surface area contributed by atoms with Crippen molar-refractivity contribution in [2.75, 3.05) is 5.32 Å². The SMILES string of the molecule is CC(C)(C)[C@H](N)C(=O)c1ccc(NC(=O)OCc2ccccc2)cc1. The number of carbonyl (C=O) groups is 2. The third kappa shape index (κ3) is 5.43. The molecule has 0 aliphatic rings. The third-order valence-electron chi connectivity index (χ3n) is 3.84. The highest BCUT2D eigenvalue weighted by molar-refractivity contribution is 6.01. The second-order valence-electron chi connectivity index (χ2n) is 6.97. The molecule has 0 fully saturated rings.